The summed E-state index contributed by atoms with van der Waals surface area (Å²) in [6.45, 7) is 0. The van der Waals surface area contributed by atoms with E-state index in [1.54, 1.807) is 12.1 Å². The highest BCUT2D eigenvalue weighted by Gasteiger charge is 2.27. The fraction of sp³-hybridized carbons (Fsp3) is 0.211. The zero-order chi connectivity index (χ0) is 14.9. The van der Waals surface area contributed by atoms with Gasteiger partial charge in [-0.3, -0.25) is 0 Å². The molecule has 4 rings (SSSR count). The van der Waals surface area contributed by atoms with E-state index in [0.717, 1.165) is 30.5 Å². The lowest BCUT2D eigenvalue weighted by Gasteiger charge is -2.22. The zero-order valence-corrected chi connectivity index (χ0v) is 12.2. The van der Waals surface area contributed by atoms with Gasteiger partial charge in [0.25, 0.3) is 0 Å². The van der Waals surface area contributed by atoms with E-state index >= 15 is 0 Å². The topological polar surface area (TPSA) is 42.1 Å². The molecule has 3 nitrogen and oxygen atoms in total. The minimum Gasteiger partial charge on any atom is -0.452 e. The van der Waals surface area contributed by atoms with Crippen LogP contribution in [0.5, 0.6) is 0 Å². The molecular weight excluding hydrogens is 274 g/mol. The van der Waals surface area contributed by atoms with Crippen LogP contribution < -0.4 is 0 Å². The van der Waals surface area contributed by atoms with Gasteiger partial charge in [0.15, 0.2) is 0 Å². The van der Waals surface area contributed by atoms with Gasteiger partial charge in [0, 0.05) is 10.9 Å². The zero-order valence-electron chi connectivity index (χ0n) is 12.2. The predicted octanol–water partition coefficient (Wildman–Crippen LogP) is 4.40. The molecule has 0 amide bonds. The average Bonchev–Trinajstić information content (AvgIpc) is 2.95. The number of esters is 1. The number of benzene rings is 2. The molecule has 0 spiro atoms. The van der Waals surface area contributed by atoms with Crippen LogP contribution in [0.25, 0.3) is 10.9 Å². The molecule has 0 bridgehead atoms. The van der Waals surface area contributed by atoms with Crippen molar-refractivity contribution in [2.24, 2.45) is 0 Å². The summed E-state index contributed by atoms with van der Waals surface area (Å²) in [5.74, 6) is -0.253. The average molecular weight is 291 g/mol. The summed E-state index contributed by atoms with van der Waals surface area (Å²) in [5, 5.41) is 1.25. The van der Waals surface area contributed by atoms with Gasteiger partial charge in [0.2, 0.25) is 0 Å². The molecule has 3 aromatic rings. The number of nitrogens with one attached hydrogen (secondary N) is 1. The SMILES string of the molecule is O=C(OC1CCCc2c1[nH]c1ccccc21)c1ccccc1. The van der Waals surface area contributed by atoms with E-state index in [2.05, 4.69) is 23.2 Å². The number of H-pyrrole nitrogens is 1. The number of para-hydroxylation sites is 1. The maximum absolute atomic E-state index is 12.3. The summed E-state index contributed by atoms with van der Waals surface area (Å²) in [4.78, 5) is 15.7. The molecule has 3 heteroatoms. The third kappa shape index (κ3) is 2.19. The normalized spacial score (nSPS) is 17.2. The first-order chi connectivity index (χ1) is 10.8. The second-order valence-corrected chi connectivity index (χ2v) is 5.72. The Kier molecular flexibility index (Phi) is 3.19. The van der Waals surface area contributed by atoms with E-state index in [4.69, 9.17) is 4.74 Å². The van der Waals surface area contributed by atoms with Gasteiger partial charge in [0.05, 0.1) is 11.3 Å². The van der Waals surface area contributed by atoms with Crippen molar-refractivity contribution < 1.29 is 9.53 Å². The first-order valence-electron chi connectivity index (χ1n) is 7.68. The van der Waals surface area contributed by atoms with Crippen molar-refractivity contribution >= 4 is 16.9 Å². The quantitative estimate of drug-likeness (QED) is 0.711. The molecule has 1 aliphatic carbocycles. The van der Waals surface area contributed by atoms with Crippen LogP contribution in [-0.2, 0) is 11.2 Å². The van der Waals surface area contributed by atoms with E-state index in [1.165, 1.54) is 10.9 Å². The first-order valence-corrected chi connectivity index (χ1v) is 7.68. The number of fused-ring (bicyclic) bond motifs is 3. The van der Waals surface area contributed by atoms with E-state index in [-0.39, 0.29) is 12.1 Å². The van der Waals surface area contributed by atoms with Gasteiger partial charge in [-0.15, -0.1) is 0 Å². The van der Waals surface area contributed by atoms with Crippen molar-refractivity contribution in [3.8, 4) is 0 Å². The molecule has 1 aromatic heterocycles. The molecular formula is C19H17NO2. The van der Waals surface area contributed by atoms with Gasteiger partial charge in [-0.2, -0.15) is 0 Å². The fourth-order valence-electron chi connectivity index (χ4n) is 3.26. The molecule has 110 valence electrons. The van der Waals surface area contributed by atoms with E-state index in [0.29, 0.717) is 5.56 Å². The Morgan fingerprint density at radius 2 is 1.82 bits per heavy atom. The molecule has 0 fully saturated rings. The molecule has 2 aromatic carbocycles. The number of hydrogen-bond donors (Lipinski definition) is 1. The van der Waals surface area contributed by atoms with Crippen molar-refractivity contribution in [3.63, 3.8) is 0 Å². The van der Waals surface area contributed by atoms with E-state index < -0.39 is 0 Å². The number of hydrogen-bond acceptors (Lipinski definition) is 2. The van der Waals surface area contributed by atoms with Crippen molar-refractivity contribution in [1.29, 1.82) is 0 Å². The molecule has 1 unspecified atom stereocenters. The van der Waals surface area contributed by atoms with Crippen LogP contribution in [0.3, 0.4) is 0 Å². The first kappa shape index (κ1) is 13.1. The van der Waals surface area contributed by atoms with Gasteiger partial charge >= 0.3 is 5.97 Å². The minimum atomic E-state index is -0.253. The van der Waals surface area contributed by atoms with Crippen LogP contribution in [0, 0.1) is 0 Å². The lowest BCUT2D eigenvalue weighted by molar-refractivity contribution is 0.0247. The molecule has 1 atom stereocenters. The standard InChI is InChI=1S/C19H17NO2/c21-19(13-7-2-1-3-8-13)22-17-12-6-10-15-14-9-4-5-11-16(14)20-18(15)17/h1-5,7-9,11,17,20H,6,10,12H2. The highest BCUT2D eigenvalue weighted by atomic mass is 16.5. The Morgan fingerprint density at radius 3 is 2.68 bits per heavy atom. The van der Waals surface area contributed by atoms with Gasteiger partial charge in [0.1, 0.15) is 6.10 Å². The molecule has 1 heterocycles. The Balaban J connectivity index is 1.66. The summed E-state index contributed by atoms with van der Waals surface area (Å²) >= 11 is 0. The molecule has 1 aliphatic rings. The number of rotatable bonds is 2. The summed E-state index contributed by atoms with van der Waals surface area (Å²) in [5.41, 5.74) is 4.09. The van der Waals surface area contributed by atoms with E-state index in [9.17, 15) is 4.79 Å². The lowest BCUT2D eigenvalue weighted by atomic mass is 9.93. The molecule has 0 radical (unpaired) electrons. The third-order valence-electron chi connectivity index (χ3n) is 4.32. The number of aromatic amines is 1. The van der Waals surface area contributed by atoms with Crippen molar-refractivity contribution in [1.82, 2.24) is 4.98 Å². The van der Waals surface area contributed by atoms with Crippen molar-refractivity contribution in [3.05, 3.63) is 71.4 Å². The number of aryl methyl sites for hydroxylation is 1. The highest BCUT2D eigenvalue weighted by molar-refractivity contribution is 5.90. The third-order valence-corrected chi connectivity index (χ3v) is 4.32. The maximum Gasteiger partial charge on any atom is 0.338 e. The number of aromatic nitrogens is 1. The number of carbonyl (C=O) groups is 1. The van der Waals surface area contributed by atoms with Crippen LogP contribution in [-0.4, -0.2) is 11.0 Å². The molecule has 0 saturated heterocycles. The predicted molar refractivity (Wildman–Crippen MR) is 85.8 cm³/mol. The summed E-state index contributed by atoms with van der Waals surface area (Å²) in [6.07, 6.45) is 2.78. The monoisotopic (exact) mass is 291 g/mol. The smallest absolute Gasteiger partial charge is 0.338 e. The van der Waals surface area contributed by atoms with Crippen LogP contribution in [0.1, 0.15) is 40.6 Å². The lowest BCUT2D eigenvalue weighted by Crippen LogP contribution is -2.16. The maximum atomic E-state index is 12.3. The van der Waals surface area contributed by atoms with Crippen LogP contribution >= 0.6 is 0 Å². The van der Waals surface area contributed by atoms with Crippen LogP contribution in [0.4, 0.5) is 0 Å². The van der Waals surface area contributed by atoms with Gasteiger partial charge in [-0.05, 0) is 43.0 Å². The molecule has 0 saturated carbocycles. The largest absolute Gasteiger partial charge is 0.452 e. The summed E-state index contributed by atoms with van der Waals surface area (Å²) in [6, 6.07) is 17.5. The van der Waals surface area contributed by atoms with Crippen LogP contribution in [0.15, 0.2) is 54.6 Å². The van der Waals surface area contributed by atoms with Crippen LogP contribution in [0.2, 0.25) is 0 Å². The summed E-state index contributed by atoms with van der Waals surface area (Å²) in [7, 11) is 0. The minimum absolute atomic E-state index is 0.177. The Labute approximate surface area is 128 Å². The molecule has 22 heavy (non-hydrogen) atoms. The van der Waals surface area contributed by atoms with Gasteiger partial charge < -0.3 is 9.72 Å². The Hall–Kier alpha value is -2.55. The van der Waals surface area contributed by atoms with Gasteiger partial charge in [-0.1, -0.05) is 36.4 Å². The second-order valence-electron chi connectivity index (χ2n) is 5.72. The number of carbonyl (C=O) groups excluding carboxylic acids is 1. The highest BCUT2D eigenvalue weighted by Crippen LogP contribution is 2.36. The summed E-state index contributed by atoms with van der Waals surface area (Å²) < 4.78 is 5.76. The molecule has 1 N–H and O–H groups in total. The Bertz CT molecular complexity index is 820. The van der Waals surface area contributed by atoms with Crippen molar-refractivity contribution in [2.45, 2.75) is 25.4 Å². The molecule has 0 aliphatic heterocycles. The van der Waals surface area contributed by atoms with Gasteiger partial charge in [-0.25, -0.2) is 4.79 Å². The fourth-order valence-corrected chi connectivity index (χ4v) is 3.26. The van der Waals surface area contributed by atoms with Crippen molar-refractivity contribution in [2.75, 3.05) is 0 Å². The Morgan fingerprint density at radius 1 is 1.05 bits per heavy atom. The number of ether oxygens (including phenoxy) is 1. The second kappa shape index (κ2) is 5.34. The van der Waals surface area contributed by atoms with E-state index in [1.807, 2.05) is 24.3 Å².